The lowest BCUT2D eigenvalue weighted by Crippen LogP contribution is -2.55. The van der Waals surface area contributed by atoms with Crippen molar-refractivity contribution in [3.8, 4) is 16.9 Å². The van der Waals surface area contributed by atoms with Crippen LogP contribution in [-0.4, -0.2) is 49.5 Å². The van der Waals surface area contributed by atoms with Crippen molar-refractivity contribution in [3.05, 3.63) is 53.8 Å². The number of ether oxygens (including phenoxy) is 4. The van der Waals surface area contributed by atoms with Gasteiger partial charge in [0, 0.05) is 33.2 Å². The van der Waals surface area contributed by atoms with E-state index in [2.05, 4.69) is 5.32 Å². The lowest BCUT2D eigenvalue weighted by Gasteiger charge is -2.39. The summed E-state index contributed by atoms with van der Waals surface area (Å²) in [7, 11) is 0. The van der Waals surface area contributed by atoms with Gasteiger partial charge in [0.05, 0.1) is 6.61 Å². The van der Waals surface area contributed by atoms with Gasteiger partial charge in [-0.2, -0.15) is 0 Å². The van der Waals surface area contributed by atoms with Crippen LogP contribution in [0.5, 0.6) is 5.75 Å². The summed E-state index contributed by atoms with van der Waals surface area (Å²) < 4.78 is 36.7. The molecule has 0 spiro atoms. The Kier molecular flexibility index (Phi) is 8.81. The number of benzene rings is 2. The molecule has 188 valence electrons. The highest BCUT2D eigenvalue weighted by molar-refractivity contribution is 5.73. The summed E-state index contributed by atoms with van der Waals surface area (Å²) in [5.41, 5.74) is 2.24. The van der Waals surface area contributed by atoms with Crippen molar-refractivity contribution in [2.75, 3.05) is 13.2 Å². The topological polar surface area (TPSA) is 100 Å². The Morgan fingerprint density at radius 3 is 2.40 bits per heavy atom. The molecule has 1 amide bonds. The molecule has 0 aromatic heterocycles. The number of hydrogen-bond acceptors (Lipinski definition) is 7. The Bertz CT molecular complexity index is 1070. The molecule has 2 aromatic carbocycles. The Labute approximate surface area is 203 Å². The minimum Gasteiger partial charge on any atom is -0.461 e. The second-order valence-electron chi connectivity index (χ2n) is 8.51. The lowest BCUT2D eigenvalue weighted by atomic mass is 9.96. The average Bonchev–Trinajstić information content (AvgIpc) is 2.78. The summed E-state index contributed by atoms with van der Waals surface area (Å²) in [6.45, 7) is 6.46. The van der Waals surface area contributed by atoms with E-state index >= 15 is 0 Å². The summed E-state index contributed by atoms with van der Waals surface area (Å²) in [5.74, 6) is -1.41. The molecule has 1 aliphatic heterocycles. The zero-order chi connectivity index (χ0) is 25.5. The quantitative estimate of drug-likeness (QED) is 0.570. The summed E-state index contributed by atoms with van der Waals surface area (Å²) in [6.07, 6.45) is -2.22. The van der Waals surface area contributed by atoms with Crippen LogP contribution in [-0.2, 0) is 35.0 Å². The van der Waals surface area contributed by atoms with E-state index in [0.717, 1.165) is 11.1 Å². The fourth-order valence-electron chi connectivity index (χ4n) is 3.98. The predicted octanol–water partition coefficient (Wildman–Crippen LogP) is 3.41. The van der Waals surface area contributed by atoms with Gasteiger partial charge in [0.1, 0.15) is 17.7 Å². The lowest BCUT2D eigenvalue weighted by molar-refractivity contribution is -0.243. The molecule has 4 atom stereocenters. The van der Waals surface area contributed by atoms with Crippen molar-refractivity contribution in [1.82, 2.24) is 5.32 Å². The van der Waals surface area contributed by atoms with Gasteiger partial charge >= 0.3 is 11.9 Å². The minimum atomic E-state index is -1.02. The highest BCUT2D eigenvalue weighted by Crippen LogP contribution is 2.32. The molecule has 0 aliphatic carbocycles. The minimum absolute atomic E-state index is 0.139. The molecule has 2 aromatic rings. The van der Waals surface area contributed by atoms with Gasteiger partial charge in [-0.1, -0.05) is 25.1 Å². The fourth-order valence-corrected chi connectivity index (χ4v) is 3.98. The maximum Gasteiger partial charge on any atom is 0.303 e. The normalized spacial score (nSPS) is 21.6. The Morgan fingerprint density at radius 1 is 1.03 bits per heavy atom. The number of nitrogens with one attached hydrogen (secondary N) is 1. The molecule has 1 saturated heterocycles. The molecule has 35 heavy (non-hydrogen) atoms. The van der Waals surface area contributed by atoms with E-state index in [9.17, 15) is 18.8 Å². The summed E-state index contributed by atoms with van der Waals surface area (Å²) in [6, 6.07) is 11.5. The number of hydrogen-bond donors (Lipinski definition) is 1. The van der Waals surface area contributed by atoms with Crippen molar-refractivity contribution in [3.63, 3.8) is 0 Å². The number of rotatable bonds is 8. The Hall–Kier alpha value is -3.46. The van der Waals surface area contributed by atoms with Crippen LogP contribution >= 0.6 is 0 Å². The largest absolute Gasteiger partial charge is 0.461 e. The highest BCUT2D eigenvalue weighted by Gasteiger charge is 2.44. The maximum atomic E-state index is 14.0. The molecular weight excluding hydrogens is 457 g/mol. The van der Waals surface area contributed by atoms with E-state index in [1.807, 2.05) is 13.0 Å². The zero-order valence-corrected chi connectivity index (χ0v) is 20.2. The van der Waals surface area contributed by atoms with Gasteiger partial charge in [-0.15, -0.1) is 0 Å². The molecule has 1 unspecified atom stereocenters. The smallest absolute Gasteiger partial charge is 0.303 e. The highest BCUT2D eigenvalue weighted by atomic mass is 19.1. The van der Waals surface area contributed by atoms with Crippen LogP contribution in [0, 0.1) is 11.7 Å². The second-order valence-corrected chi connectivity index (χ2v) is 8.51. The monoisotopic (exact) mass is 487 g/mol. The molecule has 0 saturated carbocycles. The first-order valence-corrected chi connectivity index (χ1v) is 11.4. The molecule has 1 N–H and O–H groups in total. The summed E-state index contributed by atoms with van der Waals surface area (Å²) >= 11 is 0. The first-order valence-electron chi connectivity index (χ1n) is 11.4. The molecule has 8 nitrogen and oxygen atoms in total. The third-order valence-corrected chi connectivity index (χ3v) is 5.52. The van der Waals surface area contributed by atoms with Crippen molar-refractivity contribution < 1.29 is 37.7 Å². The van der Waals surface area contributed by atoms with E-state index in [1.54, 1.807) is 24.3 Å². The van der Waals surface area contributed by atoms with Crippen LogP contribution in [0.1, 0.15) is 33.3 Å². The average molecular weight is 488 g/mol. The van der Waals surface area contributed by atoms with Crippen LogP contribution in [0.15, 0.2) is 42.5 Å². The van der Waals surface area contributed by atoms with Crippen LogP contribution < -0.4 is 10.1 Å². The molecular formula is C26H30FNO7. The van der Waals surface area contributed by atoms with Crippen molar-refractivity contribution in [2.24, 2.45) is 5.92 Å². The Balaban J connectivity index is 1.91. The van der Waals surface area contributed by atoms with Gasteiger partial charge in [0.15, 0.2) is 0 Å². The number of amides is 1. The maximum absolute atomic E-state index is 14.0. The van der Waals surface area contributed by atoms with Gasteiger partial charge < -0.3 is 24.3 Å². The number of halogens is 1. The molecule has 0 bridgehead atoms. The van der Waals surface area contributed by atoms with E-state index in [0.29, 0.717) is 24.3 Å². The molecule has 1 aliphatic rings. The summed E-state index contributed by atoms with van der Waals surface area (Å²) in [4.78, 5) is 34.7. The standard InChI is InChI=1S/C26H30FNO7/c1-15-14-32-26(25(34-18(4)31)24(15)33-17(3)30)35-22-9-8-19(10-11-28-16(2)29)23(13-22)20-6-5-7-21(27)12-20/h5-9,12-13,15,24-26H,10-11,14H2,1-4H3,(H,28,29)/t15-,24+,25-,26?/m1/s1. The first-order chi connectivity index (χ1) is 16.6. The van der Waals surface area contributed by atoms with E-state index in [4.69, 9.17) is 18.9 Å². The Morgan fingerprint density at radius 2 is 1.74 bits per heavy atom. The SMILES string of the molecule is CC(=O)NCCc1ccc(OC2OC[C@@H](C)[C@H](OC(C)=O)[C@H]2OC(C)=O)cc1-c1cccc(F)c1. The molecule has 1 heterocycles. The molecule has 0 radical (unpaired) electrons. The van der Waals surface area contributed by atoms with Crippen LogP contribution in [0.4, 0.5) is 4.39 Å². The van der Waals surface area contributed by atoms with Gasteiger partial charge in [0.2, 0.25) is 18.3 Å². The third-order valence-electron chi connectivity index (χ3n) is 5.52. The van der Waals surface area contributed by atoms with Crippen molar-refractivity contribution in [1.29, 1.82) is 0 Å². The van der Waals surface area contributed by atoms with E-state index < -0.39 is 30.4 Å². The van der Waals surface area contributed by atoms with Crippen LogP contribution in [0.2, 0.25) is 0 Å². The molecule has 3 rings (SSSR count). The van der Waals surface area contributed by atoms with Crippen molar-refractivity contribution >= 4 is 17.8 Å². The molecule has 9 heteroatoms. The van der Waals surface area contributed by atoms with Gasteiger partial charge in [-0.25, -0.2) is 4.39 Å². The van der Waals surface area contributed by atoms with E-state index in [-0.39, 0.29) is 24.2 Å². The first kappa shape index (κ1) is 26.2. The zero-order valence-electron chi connectivity index (χ0n) is 20.2. The predicted molar refractivity (Wildman–Crippen MR) is 125 cm³/mol. The third kappa shape index (κ3) is 7.26. The van der Waals surface area contributed by atoms with Crippen LogP contribution in [0.3, 0.4) is 0 Å². The van der Waals surface area contributed by atoms with Crippen LogP contribution in [0.25, 0.3) is 11.1 Å². The van der Waals surface area contributed by atoms with E-state index in [1.165, 1.54) is 32.9 Å². The number of carbonyl (C=O) groups is 3. The fraction of sp³-hybridized carbons (Fsp3) is 0.423. The molecule has 1 fully saturated rings. The van der Waals surface area contributed by atoms with Gasteiger partial charge in [-0.05, 0) is 47.4 Å². The van der Waals surface area contributed by atoms with Gasteiger partial charge in [-0.3, -0.25) is 14.4 Å². The van der Waals surface area contributed by atoms with Crippen molar-refractivity contribution in [2.45, 2.75) is 52.6 Å². The second kappa shape index (κ2) is 11.8. The summed E-state index contributed by atoms with van der Waals surface area (Å²) in [5, 5.41) is 2.76. The van der Waals surface area contributed by atoms with Gasteiger partial charge in [0.25, 0.3) is 0 Å². The number of esters is 2. The number of carbonyl (C=O) groups excluding carboxylic acids is 3.